The lowest BCUT2D eigenvalue weighted by atomic mass is 10.2. The number of thioether (sulfide) groups is 1. The van der Waals surface area contributed by atoms with Gasteiger partial charge in [-0.2, -0.15) is 0 Å². The van der Waals surface area contributed by atoms with E-state index in [1.54, 1.807) is 16.7 Å². The molecule has 28 heavy (non-hydrogen) atoms. The van der Waals surface area contributed by atoms with Crippen LogP contribution in [0.2, 0.25) is 0 Å². The highest BCUT2D eigenvalue weighted by Gasteiger charge is 2.19. The molecule has 1 unspecified atom stereocenters. The molecule has 3 heterocycles. The van der Waals surface area contributed by atoms with Crippen LogP contribution in [-0.4, -0.2) is 30.7 Å². The molecular formula is C18H13F2N5OS2. The second kappa shape index (κ2) is 7.64. The van der Waals surface area contributed by atoms with Crippen LogP contribution in [0.1, 0.15) is 6.92 Å². The maximum atomic E-state index is 13.4. The Bertz CT molecular complexity index is 1160. The van der Waals surface area contributed by atoms with Gasteiger partial charge in [-0.3, -0.25) is 9.20 Å². The molecule has 0 bridgehead atoms. The van der Waals surface area contributed by atoms with E-state index in [0.717, 1.165) is 12.1 Å². The highest BCUT2D eigenvalue weighted by Crippen LogP contribution is 2.27. The van der Waals surface area contributed by atoms with Crippen LogP contribution in [0.4, 0.5) is 13.9 Å². The number of benzene rings is 1. The lowest BCUT2D eigenvalue weighted by Gasteiger charge is -2.09. The second-order valence-electron chi connectivity index (χ2n) is 5.83. The average molecular weight is 417 g/mol. The van der Waals surface area contributed by atoms with E-state index in [-0.39, 0.29) is 5.91 Å². The van der Waals surface area contributed by atoms with Gasteiger partial charge in [-0.1, -0.05) is 17.8 Å². The Morgan fingerprint density at radius 2 is 2.07 bits per heavy atom. The number of carbonyl (C=O) groups excluding carboxylic acids is 1. The normalized spacial score (nSPS) is 12.2. The summed E-state index contributed by atoms with van der Waals surface area (Å²) in [6, 6.07) is 9.11. The smallest absolute Gasteiger partial charge is 0.239 e. The predicted octanol–water partition coefficient (Wildman–Crippen LogP) is 4.25. The molecule has 3 aromatic heterocycles. The van der Waals surface area contributed by atoms with Crippen molar-refractivity contribution in [3.8, 4) is 11.3 Å². The highest BCUT2D eigenvalue weighted by molar-refractivity contribution is 8.00. The number of halogens is 2. The number of pyridine rings is 1. The number of anilines is 1. The van der Waals surface area contributed by atoms with Crippen molar-refractivity contribution in [2.45, 2.75) is 17.3 Å². The van der Waals surface area contributed by atoms with Gasteiger partial charge in [0.2, 0.25) is 5.91 Å². The monoisotopic (exact) mass is 417 g/mol. The van der Waals surface area contributed by atoms with Gasteiger partial charge in [0.05, 0.1) is 10.9 Å². The van der Waals surface area contributed by atoms with Crippen LogP contribution in [0.5, 0.6) is 0 Å². The number of hydrogen-bond acceptors (Lipinski definition) is 6. The van der Waals surface area contributed by atoms with E-state index in [0.29, 0.717) is 27.2 Å². The van der Waals surface area contributed by atoms with E-state index < -0.39 is 16.9 Å². The molecule has 1 aromatic carbocycles. The van der Waals surface area contributed by atoms with Crippen LogP contribution < -0.4 is 5.32 Å². The van der Waals surface area contributed by atoms with Crippen LogP contribution in [0.15, 0.2) is 53.1 Å². The Kier molecular flexibility index (Phi) is 5.05. The molecule has 142 valence electrons. The van der Waals surface area contributed by atoms with E-state index in [1.807, 2.05) is 24.4 Å². The molecule has 10 heteroatoms. The van der Waals surface area contributed by atoms with Gasteiger partial charge in [0.1, 0.15) is 0 Å². The zero-order valence-corrected chi connectivity index (χ0v) is 16.1. The molecule has 0 aliphatic heterocycles. The van der Waals surface area contributed by atoms with Gasteiger partial charge in [0, 0.05) is 17.1 Å². The molecule has 1 amide bonds. The fourth-order valence-corrected chi connectivity index (χ4v) is 4.00. The molecule has 0 spiro atoms. The minimum Gasteiger partial charge on any atom is -0.301 e. The molecule has 0 saturated carbocycles. The largest absolute Gasteiger partial charge is 0.301 e. The predicted molar refractivity (Wildman–Crippen MR) is 104 cm³/mol. The SMILES string of the molecule is CC(Sc1nnc2ccccn12)C(=O)Nc1nc(-c2ccc(F)c(F)c2)cs1. The Labute approximate surface area is 166 Å². The Hall–Kier alpha value is -2.85. The van der Waals surface area contributed by atoms with E-state index in [1.165, 1.54) is 29.2 Å². The number of hydrogen-bond donors (Lipinski definition) is 1. The molecule has 4 aromatic rings. The van der Waals surface area contributed by atoms with Gasteiger partial charge in [-0.05, 0) is 37.3 Å². The van der Waals surface area contributed by atoms with Crippen molar-refractivity contribution in [3.63, 3.8) is 0 Å². The zero-order chi connectivity index (χ0) is 19.7. The second-order valence-corrected chi connectivity index (χ2v) is 7.99. The lowest BCUT2D eigenvalue weighted by molar-refractivity contribution is -0.115. The summed E-state index contributed by atoms with van der Waals surface area (Å²) in [6.45, 7) is 1.76. The first-order chi connectivity index (χ1) is 13.5. The minimum atomic E-state index is -0.943. The third kappa shape index (κ3) is 3.73. The molecule has 0 fully saturated rings. The molecule has 1 N–H and O–H groups in total. The maximum absolute atomic E-state index is 13.4. The quantitative estimate of drug-likeness (QED) is 0.492. The Morgan fingerprint density at radius 3 is 2.89 bits per heavy atom. The number of thiazole rings is 1. The summed E-state index contributed by atoms with van der Waals surface area (Å²) in [5.41, 5.74) is 1.60. The van der Waals surface area contributed by atoms with Crippen LogP contribution in [0.3, 0.4) is 0 Å². The highest BCUT2D eigenvalue weighted by atomic mass is 32.2. The van der Waals surface area contributed by atoms with E-state index in [2.05, 4.69) is 20.5 Å². The number of fused-ring (bicyclic) bond motifs is 1. The first-order valence-electron chi connectivity index (χ1n) is 8.19. The molecule has 4 rings (SSSR count). The molecule has 0 aliphatic carbocycles. The number of amides is 1. The number of nitrogens with one attached hydrogen (secondary N) is 1. The molecule has 0 radical (unpaired) electrons. The van der Waals surface area contributed by atoms with Crippen molar-refractivity contribution in [3.05, 3.63) is 59.6 Å². The van der Waals surface area contributed by atoms with E-state index >= 15 is 0 Å². The standard InChI is InChI=1S/C18H13F2N5OS2/c1-10(28-18-24-23-15-4-2-3-7-25(15)18)16(26)22-17-21-14(9-27-17)11-5-6-12(19)13(20)8-11/h2-10H,1H3,(H,21,22,26). The van der Waals surface area contributed by atoms with E-state index in [9.17, 15) is 13.6 Å². The van der Waals surface area contributed by atoms with Crippen LogP contribution in [0, 0.1) is 11.6 Å². The van der Waals surface area contributed by atoms with Gasteiger partial charge < -0.3 is 5.32 Å². The summed E-state index contributed by atoms with van der Waals surface area (Å²) in [5.74, 6) is -2.11. The summed E-state index contributed by atoms with van der Waals surface area (Å²) in [4.78, 5) is 16.8. The first kappa shape index (κ1) is 18.5. The van der Waals surface area contributed by atoms with Crippen molar-refractivity contribution in [1.29, 1.82) is 0 Å². The fourth-order valence-electron chi connectivity index (χ4n) is 2.44. The fraction of sp³-hybridized carbons (Fsp3) is 0.111. The van der Waals surface area contributed by atoms with Gasteiger partial charge in [-0.25, -0.2) is 13.8 Å². The molecule has 0 saturated heterocycles. The Morgan fingerprint density at radius 1 is 1.21 bits per heavy atom. The zero-order valence-electron chi connectivity index (χ0n) is 14.5. The average Bonchev–Trinajstić information content (AvgIpc) is 3.31. The summed E-state index contributed by atoms with van der Waals surface area (Å²) in [6.07, 6.45) is 1.83. The van der Waals surface area contributed by atoms with Gasteiger partial charge in [0.15, 0.2) is 27.6 Å². The third-order valence-corrected chi connectivity index (χ3v) is 5.70. The summed E-state index contributed by atoms with van der Waals surface area (Å²) in [7, 11) is 0. The van der Waals surface area contributed by atoms with Crippen molar-refractivity contribution >= 4 is 39.8 Å². The number of carbonyl (C=O) groups is 1. The molecule has 1 atom stereocenters. The first-order valence-corrected chi connectivity index (χ1v) is 9.95. The van der Waals surface area contributed by atoms with Crippen LogP contribution in [-0.2, 0) is 4.79 Å². The van der Waals surface area contributed by atoms with Crippen molar-refractivity contribution < 1.29 is 13.6 Å². The molecule has 0 aliphatic rings. The van der Waals surface area contributed by atoms with E-state index in [4.69, 9.17) is 0 Å². The Balaban J connectivity index is 1.44. The number of nitrogens with zero attached hydrogens (tertiary/aromatic N) is 4. The van der Waals surface area contributed by atoms with Gasteiger partial charge >= 0.3 is 0 Å². The summed E-state index contributed by atoms with van der Waals surface area (Å²) in [5, 5.41) is 13.1. The van der Waals surface area contributed by atoms with Crippen LogP contribution >= 0.6 is 23.1 Å². The van der Waals surface area contributed by atoms with Crippen LogP contribution in [0.25, 0.3) is 16.9 Å². The summed E-state index contributed by atoms with van der Waals surface area (Å²) >= 11 is 2.49. The molecule has 6 nitrogen and oxygen atoms in total. The van der Waals surface area contributed by atoms with Gasteiger partial charge in [-0.15, -0.1) is 21.5 Å². The summed E-state index contributed by atoms with van der Waals surface area (Å²) < 4.78 is 28.3. The lowest BCUT2D eigenvalue weighted by Crippen LogP contribution is -2.22. The maximum Gasteiger partial charge on any atom is 0.239 e. The van der Waals surface area contributed by atoms with Crippen molar-refractivity contribution in [2.75, 3.05) is 5.32 Å². The van der Waals surface area contributed by atoms with Gasteiger partial charge in [0.25, 0.3) is 0 Å². The topological polar surface area (TPSA) is 72.2 Å². The minimum absolute atomic E-state index is 0.246. The third-order valence-electron chi connectivity index (χ3n) is 3.88. The van der Waals surface area contributed by atoms with Crippen molar-refractivity contribution in [2.24, 2.45) is 0 Å². The number of aromatic nitrogens is 4. The molecular weight excluding hydrogens is 404 g/mol. The van der Waals surface area contributed by atoms with Crippen molar-refractivity contribution in [1.82, 2.24) is 19.6 Å². The number of rotatable bonds is 5.